The number of rotatable bonds is 5. The molecule has 0 saturated carbocycles. The fourth-order valence-electron chi connectivity index (χ4n) is 2.21. The van der Waals surface area contributed by atoms with Crippen LogP contribution in [0.15, 0.2) is 42.9 Å². The van der Waals surface area contributed by atoms with Crippen molar-refractivity contribution in [3.05, 3.63) is 69.1 Å². The number of aromatic nitrogens is 3. The van der Waals surface area contributed by atoms with Crippen LogP contribution in [0.4, 0.5) is 17.3 Å². The summed E-state index contributed by atoms with van der Waals surface area (Å²) in [6.07, 6.45) is 2.77. The fourth-order valence-corrected chi connectivity index (χ4v) is 2.33. The number of hydrogen-bond donors (Lipinski definition) is 1. The molecule has 0 unspecified atom stereocenters. The largest absolute Gasteiger partial charge is 0.434 e. The monoisotopic (exact) mass is 371 g/mol. The van der Waals surface area contributed by atoms with Crippen LogP contribution in [0.1, 0.15) is 11.1 Å². The molecule has 0 fully saturated rings. The fraction of sp³-hybridized carbons (Fsp3) is 0.118. The number of benzene rings is 1. The van der Waals surface area contributed by atoms with E-state index in [0.717, 1.165) is 11.1 Å². The minimum atomic E-state index is -0.598. The van der Waals surface area contributed by atoms with E-state index in [2.05, 4.69) is 20.3 Å². The SMILES string of the molecule is Cc1cc(Oc2ncnc(Nc3ncccc3C)c2[N+](=O)[O-])ccc1Cl. The molecule has 0 aliphatic rings. The van der Waals surface area contributed by atoms with Gasteiger partial charge in [-0.1, -0.05) is 17.7 Å². The van der Waals surface area contributed by atoms with E-state index in [1.54, 1.807) is 37.4 Å². The van der Waals surface area contributed by atoms with Gasteiger partial charge in [-0.25, -0.2) is 9.97 Å². The van der Waals surface area contributed by atoms with Gasteiger partial charge in [0.1, 0.15) is 17.9 Å². The smallest absolute Gasteiger partial charge is 0.373 e. The molecule has 0 spiro atoms. The maximum atomic E-state index is 11.6. The highest BCUT2D eigenvalue weighted by atomic mass is 35.5. The topological polar surface area (TPSA) is 103 Å². The lowest BCUT2D eigenvalue weighted by Gasteiger charge is -2.10. The summed E-state index contributed by atoms with van der Waals surface area (Å²) in [7, 11) is 0. The Morgan fingerprint density at radius 1 is 1.12 bits per heavy atom. The lowest BCUT2D eigenvalue weighted by Crippen LogP contribution is -2.05. The summed E-state index contributed by atoms with van der Waals surface area (Å²) in [5.41, 5.74) is 1.21. The Kier molecular flexibility index (Phi) is 4.94. The zero-order valence-electron chi connectivity index (χ0n) is 13.9. The number of nitro groups is 1. The third kappa shape index (κ3) is 3.70. The molecular formula is C17H14ClN5O3. The molecule has 0 bridgehead atoms. The van der Waals surface area contributed by atoms with Crippen molar-refractivity contribution in [2.24, 2.45) is 0 Å². The van der Waals surface area contributed by atoms with Crippen molar-refractivity contribution in [2.75, 3.05) is 5.32 Å². The van der Waals surface area contributed by atoms with Gasteiger partial charge in [-0.15, -0.1) is 0 Å². The van der Waals surface area contributed by atoms with Crippen molar-refractivity contribution in [2.45, 2.75) is 13.8 Å². The summed E-state index contributed by atoms with van der Waals surface area (Å²) in [6.45, 7) is 3.64. The first-order chi connectivity index (χ1) is 12.5. The summed E-state index contributed by atoms with van der Waals surface area (Å²) in [5, 5.41) is 15.0. The molecule has 2 aromatic heterocycles. The van der Waals surface area contributed by atoms with Crippen LogP contribution in [-0.2, 0) is 0 Å². The average molecular weight is 372 g/mol. The minimum absolute atomic E-state index is 0.00696. The maximum absolute atomic E-state index is 11.6. The molecule has 8 nitrogen and oxygen atoms in total. The molecule has 0 saturated heterocycles. The number of nitrogens with zero attached hydrogens (tertiary/aromatic N) is 4. The molecule has 0 amide bonds. The van der Waals surface area contributed by atoms with Gasteiger partial charge in [0.05, 0.1) is 4.92 Å². The molecule has 2 heterocycles. The first-order valence-corrected chi connectivity index (χ1v) is 7.95. The molecule has 3 aromatic rings. The lowest BCUT2D eigenvalue weighted by molar-refractivity contribution is -0.385. The van der Waals surface area contributed by atoms with Crippen molar-refractivity contribution >= 4 is 28.9 Å². The second-order valence-electron chi connectivity index (χ2n) is 5.44. The van der Waals surface area contributed by atoms with Crippen LogP contribution in [0, 0.1) is 24.0 Å². The van der Waals surface area contributed by atoms with Gasteiger partial charge in [-0.3, -0.25) is 10.1 Å². The van der Waals surface area contributed by atoms with Crippen molar-refractivity contribution in [1.29, 1.82) is 0 Å². The van der Waals surface area contributed by atoms with Crippen LogP contribution in [0.2, 0.25) is 5.02 Å². The summed E-state index contributed by atoms with van der Waals surface area (Å²) in [6, 6.07) is 8.53. The van der Waals surface area contributed by atoms with E-state index in [9.17, 15) is 10.1 Å². The third-order valence-corrected chi connectivity index (χ3v) is 3.99. The number of ether oxygens (including phenoxy) is 1. The van der Waals surface area contributed by atoms with Gasteiger partial charge < -0.3 is 10.1 Å². The second-order valence-corrected chi connectivity index (χ2v) is 5.85. The summed E-state index contributed by atoms with van der Waals surface area (Å²) < 4.78 is 5.60. The molecule has 0 aliphatic carbocycles. The predicted octanol–water partition coefficient (Wildman–Crippen LogP) is 4.59. The Morgan fingerprint density at radius 3 is 2.62 bits per heavy atom. The Morgan fingerprint density at radius 2 is 1.92 bits per heavy atom. The molecule has 0 atom stereocenters. The van der Waals surface area contributed by atoms with Gasteiger partial charge in [0.15, 0.2) is 0 Å². The molecule has 1 aromatic carbocycles. The molecule has 132 valence electrons. The highest BCUT2D eigenvalue weighted by Gasteiger charge is 2.25. The van der Waals surface area contributed by atoms with Gasteiger partial charge in [0, 0.05) is 11.2 Å². The average Bonchev–Trinajstić information content (AvgIpc) is 2.60. The number of anilines is 2. The zero-order chi connectivity index (χ0) is 18.7. The standard InChI is InChI=1S/C17H14ClN5O3/c1-10-4-3-7-19-15(10)22-16-14(23(24)25)17(21-9-20-16)26-12-5-6-13(18)11(2)8-12/h3-9H,1-2H3,(H,19,20,21,22). The highest BCUT2D eigenvalue weighted by Crippen LogP contribution is 2.36. The summed E-state index contributed by atoms with van der Waals surface area (Å²) in [5.74, 6) is 0.659. The van der Waals surface area contributed by atoms with Crippen LogP contribution in [-0.4, -0.2) is 19.9 Å². The van der Waals surface area contributed by atoms with Crippen molar-refractivity contribution in [1.82, 2.24) is 15.0 Å². The minimum Gasteiger partial charge on any atom is -0.434 e. The van der Waals surface area contributed by atoms with E-state index in [1.807, 2.05) is 13.0 Å². The molecule has 3 rings (SSSR count). The van der Waals surface area contributed by atoms with Crippen LogP contribution >= 0.6 is 11.6 Å². The number of nitrogens with one attached hydrogen (secondary N) is 1. The first-order valence-electron chi connectivity index (χ1n) is 7.57. The van der Waals surface area contributed by atoms with Crippen LogP contribution in [0.5, 0.6) is 11.6 Å². The molecule has 26 heavy (non-hydrogen) atoms. The number of hydrogen-bond acceptors (Lipinski definition) is 7. The Bertz CT molecular complexity index is 980. The Balaban J connectivity index is 1.99. The van der Waals surface area contributed by atoms with Crippen molar-refractivity contribution in [3.63, 3.8) is 0 Å². The Hall–Kier alpha value is -3.26. The second kappa shape index (κ2) is 7.32. The van der Waals surface area contributed by atoms with Gasteiger partial charge in [-0.2, -0.15) is 4.98 Å². The Labute approximate surface area is 154 Å². The molecular weight excluding hydrogens is 358 g/mol. The van der Waals surface area contributed by atoms with Gasteiger partial charge >= 0.3 is 11.6 Å². The highest BCUT2D eigenvalue weighted by molar-refractivity contribution is 6.31. The van der Waals surface area contributed by atoms with E-state index in [-0.39, 0.29) is 17.4 Å². The van der Waals surface area contributed by atoms with Gasteiger partial charge in [0.2, 0.25) is 5.82 Å². The number of aryl methyl sites for hydroxylation is 2. The third-order valence-electron chi connectivity index (χ3n) is 3.56. The number of halogens is 1. The van der Waals surface area contributed by atoms with E-state index in [1.165, 1.54) is 6.33 Å². The zero-order valence-corrected chi connectivity index (χ0v) is 14.7. The van der Waals surface area contributed by atoms with Gasteiger partial charge in [-0.05, 0) is 49.2 Å². The summed E-state index contributed by atoms with van der Waals surface area (Å²) in [4.78, 5) is 23.0. The van der Waals surface area contributed by atoms with E-state index >= 15 is 0 Å². The molecule has 0 radical (unpaired) electrons. The lowest BCUT2D eigenvalue weighted by atomic mass is 10.2. The van der Waals surface area contributed by atoms with E-state index < -0.39 is 4.92 Å². The predicted molar refractivity (Wildman–Crippen MR) is 97.2 cm³/mol. The summed E-state index contributed by atoms with van der Waals surface area (Å²) >= 11 is 5.99. The van der Waals surface area contributed by atoms with E-state index in [0.29, 0.717) is 16.6 Å². The van der Waals surface area contributed by atoms with Crippen molar-refractivity contribution in [3.8, 4) is 11.6 Å². The normalized spacial score (nSPS) is 10.4. The van der Waals surface area contributed by atoms with Crippen LogP contribution in [0.3, 0.4) is 0 Å². The number of pyridine rings is 1. The molecule has 0 aliphatic heterocycles. The maximum Gasteiger partial charge on any atom is 0.373 e. The first kappa shape index (κ1) is 17.6. The quantitative estimate of drug-likeness (QED) is 0.516. The van der Waals surface area contributed by atoms with E-state index in [4.69, 9.17) is 16.3 Å². The molecule has 1 N–H and O–H groups in total. The van der Waals surface area contributed by atoms with Crippen LogP contribution < -0.4 is 10.1 Å². The molecule has 9 heteroatoms. The van der Waals surface area contributed by atoms with Crippen molar-refractivity contribution < 1.29 is 9.66 Å². The van der Waals surface area contributed by atoms with Crippen LogP contribution in [0.25, 0.3) is 0 Å². The van der Waals surface area contributed by atoms with Gasteiger partial charge in [0.25, 0.3) is 0 Å².